The van der Waals surface area contributed by atoms with Crippen LogP contribution in [0.25, 0.3) is 0 Å². The number of hydrogen-bond acceptors (Lipinski definition) is 5. The first kappa shape index (κ1) is 15.8. The lowest BCUT2D eigenvalue weighted by molar-refractivity contribution is 0.280. The number of aliphatic hydroxyl groups excluding tert-OH is 1. The van der Waals surface area contributed by atoms with Gasteiger partial charge in [0.05, 0.1) is 12.3 Å². The van der Waals surface area contributed by atoms with Gasteiger partial charge in [-0.25, -0.2) is 22.2 Å². The summed E-state index contributed by atoms with van der Waals surface area (Å²) in [6.45, 7) is 2.86. The molecule has 0 saturated carbocycles. The lowest BCUT2D eigenvalue weighted by Gasteiger charge is -2.08. The van der Waals surface area contributed by atoms with E-state index in [1.165, 1.54) is 0 Å². The fraction of sp³-hybridized carbons (Fsp3) is 0.250. The van der Waals surface area contributed by atoms with Crippen molar-refractivity contribution < 1.29 is 22.3 Å². The fourth-order valence-corrected chi connectivity index (χ4v) is 3.78. The van der Waals surface area contributed by atoms with Crippen molar-refractivity contribution in [2.24, 2.45) is 0 Å². The Balaban J connectivity index is 2.46. The highest BCUT2D eigenvalue weighted by molar-refractivity contribution is 7.93. The number of sulfonamides is 1. The van der Waals surface area contributed by atoms with Crippen molar-refractivity contribution in [1.29, 1.82) is 0 Å². The molecule has 114 valence electrons. The molecule has 2 N–H and O–H groups in total. The second kappa shape index (κ2) is 5.66. The highest BCUT2D eigenvalue weighted by Gasteiger charge is 2.24. The third-order valence-electron chi connectivity index (χ3n) is 2.78. The number of halogens is 2. The summed E-state index contributed by atoms with van der Waals surface area (Å²) in [4.78, 5) is 3.92. The van der Waals surface area contributed by atoms with Gasteiger partial charge in [0.1, 0.15) is 4.90 Å². The Hall–Kier alpha value is -1.58. The average molecular weight is 334 g/mol. The Morgan fingerprint density at radius 1 is 1.33 bits per heavy atom. The Morgan fingerprint density at radius 2 is 2.00 bits per heavy atom. The van der Waals surface area contributed by atoms with Gasteiger partial charge in [-0.3, -0.25) is 4.72 Å². The number of thiazole rings is 1. The van der Waals surface area contributed by atoms with E-state index in [4.69, 9.17) is 5.11 Å². The Kier molecular flexibility index (Phi) is 4.26. The zero-order valence-corrected chi connectivity index (χ0v) is 12.8. The Bertz CT molecular complexity index is 769. The molecule has 0 aliphatic rings. The van der Waals surface area contributed by atoms with E-state index in [0.717, 1.165) is 28.3 Å². The average Bonchev–Trinajstić information content (AvgIpc) is 2.70. The van der Waals surface area contributed by atoms with Gasteiger partial charge in [-0.1, -0.05) is 0 Å². The molecule has 0 spiro atoms. The van der Waals surface area contributed by atoms with Gasteiger partial charge in [0, 0.05) is 4.88 Å². The predicted octanol–water partition coefficient (Wildman–Crippen LogP) is 2.33. The number of aromatic nitrogens is 1. The van der Waals surface area contributed by atoms with Gasteiger partial charge in [0.2, 0.25) is 0 Å². The minimum Gasteiger partial charge on any atom is -0.392 e. The predicted molar refractivity (Wildman–Crippen MR) is 74.7 cm³/mol. The summed E-state index contributed by atoms with van der Waals surface area (Å²) in [5, 5.41) is 9.03. The van der Waals surface area contributed by atoms with Crippen molar-refractivity contribution in [3.63, 3.8) is 0 Å². The lowest BCUT2D eigenvalue weighted by atomic mass is 10.2. The number of nitrogens with one attached hydrogen (secondary N) is 1. The van der Waals surface area contributed by atoms with Crippen LogP contribution in [-0.4, -0.2) is 18.5 Å². The minimum absolute atomic E-state index is 0.0409. The number of rotatable bonds is 4. The molecular weight excluding hydrogens is 322 g/mol. The monoisotopic (exact) mass is 334 g/mol. The second-order valence-electron chi connectivity index (χ2n) is 4.31. The van der Waals surface area contributed by atoms with Crippen molar-refractivity contribution in [3.8, 4) is 0 Å². The molecule has 0 saturated heterocycles. The normalized spacial score (nSPS) is 11.7. The third-order valence-corrected chi connectivity index (χ3v) is 5.23. The van der Waals surface area contributed by atoms with E-state index in [1.807, 2.05) is 0 Å². The summed E-state index contributed by atoms with van der Waals surface area (Å²) in [5.74, 6) is -2.84. The van der Waals surface area contributed by atoms with Gasteiger partial charge in [-0.2, -0.15) is 0 Å². The second-order valence-corrected chi connectivity index (χ2v) is 7.17. The summed E-state index contributed by atoms with van der Waals surface area (Å²) < 4.78 is 53.4. The molecule has 9 heteroatoms. The molecule has 5 nitrogen and oxygen atoms in total. The highest BCUT2D eigenvalue weighted by atomic mass is 32.2. The zero-order valence-electron chi connectivity index (χ0n) is 11.1. The van der Waals surface area contributed by atoms with Crippen LogP contribution < -0.4 is 4.72 Å². The first-order valence-electron chi connectivity index (χ1n) is 5.80. The quantitative estimate of drug-likeness (QED) is 0.899. The maximum Gasteiger partial charge on any atom is 0.266 e. The molecule has 1 heterocycles. The first-order valence-corrected chi connectivity index (χ1v) is 8.10. The molecule has 1 aromatic heterocycles. The van der Waals surface area contributed by atoms with Crippen molar-refractivity contribution in [2.45, 2.75) is 25.3 Å². The van der Waals surface area contributed by atoms with E-state index >= 15 is 0 Å². The summed E-state index contributed by atoms with van der Waals surface area (Å²) in [7, 11) is -4.33. The number of aliphatic hydroxyl groups is 1. The first-order chi connectivity index (χ1) is 9.74. The smallest absolute Gasteiger partial charge is 0.266 e. The van der Waals surface area contributed by atoms with Crippen LogP contribution in [0.3, 0.4) is 0 Å². The maximum atomic E-state index is 13.7. The minimum atomic E-state index is -4.33. The van der Waals surface area contributed by atoms with Crippen LogP contribution in [0.1, 0.15) is 16.1 Å². The maximum absolute atomic E-state index is 13.7. The molecule has 0 aliphatic carbocycles. The summed E-state index contributed by atoms with van der Waals surface area (Å²) in [6.07, 6.45) is 0. The highest BCUT2D eigenvalue weighted by Crippen LogP contribution is 2.26. The van der Waals surface area contributed by atoms with Crippen molar-refractivity contribution in [2.75, 3.05) is 4.72 Å². The topological polar surface area (TPSA) is 79.3 Å². The van der Waals surface area contributed by atoms with Crippen LogP contribution in [0.2, 0.25) is 0 Å². The molecule has 0 amide bonds. The number of nitrogens with zero attached hydrogens (tertiary/aromatic N) is 1. The van der Waals surface area contributed by atoms with Gasteiger partial charge in [-0.05, 0) is 31.5 Å². The molecule has 1 aromatic carbocycles. The molecule has 0 fully saturated rings. The molecule has 2 rings (SSSR count). The lowest BCUT2D eigenvalue weighted by Crippen LogP contribution is -2.16. The van der Waals surface area contributed by atoms with Gasteiger partial charge in [0.25, 0.3) is 10.0 Å². The van der Waals surface area contributed by atoms with Crippen molar-refractivity contribution in [3.05, 3.63) is 39.9 Å². The van der Waals surface area contributed by atoms with Crippen LogP contribution in [0.4, 0.5) is 13.9 Å². The SMILES string of the molecule is Cc1nc(NS(=O)(=O)c2cc(CO)cc(F)c2F)sc1C. The zero-order chi connectivity index (χ0) is 15.8. The van der Waals surface area contributed by atoms with Crippen molar-refractivity contribution in [1.82, 2.24) is 4.98 Å². The summed E-state index contributed by atoms with van der Waals surface area (Å²) in [6, 6.07) is 1.63. The van der Waals surface area contributed by atoms with Crippen LogP contribution in [0, 0.1) is 25.5 Å². The number of benzene rings is 1. The fourth-order valence-electron chi connectivity index (χ4n) is 1.59. The summed E-state index contributed by atoms with van der Waals surface area (Å²) >= 11 is 1.09. The van der Waals surface area contributed by atoms with Gasteiger partial charge in [-0.15, -0.1) is 11.3 Å². The van der Waals surface area contributed by atoms with Gasteiger partial charge < -0.3 is 5.11 Å². The molecule has 0 radical (unpaired) electrons. The van der Waals surface area contributed by atoms with E-state index in [2.05, 4.69) is 9.71 Å². The number of hydrogen-bond donors (Lipinski definition) is 2. The largest absolute Gasteiger partial charge is 0.392 e. The van der Waals surface area contributed by atoms with E-state index in [1.54, 1.807) is 13.8 Å². The Labute approximate surface area is 124 Å². The van der Waals surface area contributed by atoms with E-state index in [-0.39, 0.29) is 10.7 Å². The summed E-state index contributed by atoms with van der Waals surface area (Å²) in [5.41, 5.74) is 0.606. The van der Waals surface area contributed by atoms with Gasteiger partial charge in [0.15, 0.2) is 16.8 Å². The molecule has 0 bridgehead atoms. The van der Waals surface area contributed by atoms with E-state index in [9.17, 15) is 17.2 Å². The van der Waals surface area contributed by atoms with Crippen molar-refractivity contribution >= 4 is 26.5 Å². The molecular formula is C12H12F2N2O3S2. The molecule has 0 aliphatic heterocycles. The number of aryl methyl sites for hydroxylation is 2. The van der Waals surface area contributed by atoms with Crippen LogP contribution in [0.5, 0.6) is 0 Å². The van der Waals surface area contributed by atoms with Gasteiger partial charge >= 0.3 is 0 Å². The molecule has 21 heavy (non-hydrogen) atoms. The van der Waals surface area contributed by atoms with Crippen LogP contribution >= 0.6 is 11.3 Å². The third kappa shape index (κ3) is 3.20. The molecule has 0 atom stereocenters. The van der Waals surface area contributed by atoms with E-state index in [0.29, 0.717) is 5.69 Å². The number of anilines is 1. The van der Waals surface area contributed by atoms with Crippen LogP contribution in [-0.2, 0) is 16.6 Å². The molecule has 2 aromatic rings. The van der Waals surface area contributed by atoms with E-state index < -0.39 is 33.2 Å². The Morgan fingerprint density at radius 3 is 2.52 bits per heavy atom. The van der Waals surface area contributed by atoms with Crippen LogP contribution in [0.15, 0.2) is 17.0 Å². The molecule has 0 unspecified atom stereocenters. The standard InChI is InChI=1S/C12H12F2N2O3S2/c1-6-7(2)20-12(15-6)16-21(18,19)10-4-8(5-17)3-9(13)11(10)14/h3-4,17H,5H2,1-2H3,(H,15,16).